The number of hydrogen-bond donors (Lipinski definition) is 2. The van der Waals surface area contributed by atoms with Crippen molar-refractivity contribution in [3.8, 4) is 0 Å². The van der Waals surface area contributed by atoms with Crippen LogP contribution >= 0.6 is 0 Å². The molecule has 2 atom stereocenters. The minimum Gasteiger partial charge on any atom is -0.458 e. The van der Waals surface area contributed by atoms with Crippen molar-refractivity contribution < 1.29 is 14.3 Å². The number of rotatable bonds is 8. The molecule has 0 spiro atoms. The Bertz CT molecular complexity index is 322. The molecule has 0 fully saturated rings. The average molecular weight is 286 g/mol. The highest BCUT2D eigenvalue weighted by Gasteiger charge is 2.15. The monoisotopic (exact) mass is 286 g/mol. The maximum Gasteiger partial charge on any atom is 0.355 e. The van der Waals surface area contributed by atoms with Crippen molar-refractivity contribution in [1.29, 1.82) is 0 Å². The summed E-state index contributed by atoms with van der Waals surface area (Å²) in [4.78, 5) is 11.7. The van der Waals surface area contributed by atoms with Gasteiger partial charge in [0.1, 0.15) is 11.8 Å². The zero-order valence-electron chi connectivity index (χ0n) is 13.7. The van der Waals surface area contributed by atoms with Gasteiger partial charge in [0, 0.05) is 18.7 Å². The zero-order valence-corrected chi connectivity index (χ0v) is 13.7. The van der Waals surface area contributed by atoms with E-state index in [9.17, 15) is 4.79 Å². The second-order valence-electron chi connectivity index (χ2n) is 6.04. The predicted molar refractivity (Wildman–Crippen MR) is 81.0 cm³/mol. The molecule has 20 heavy (non-hydrogen) atoms. The summed E-state index contributed by atoms with van der Waals surface area (Å²) < 4.78 is 10.8. The van der Waals surface area contributed by atoms with Crippen LogP contribution in [-0.2, 0) is 14.3 Å². The summed E-state index contributed by atoms with van der Waals surface area (Å²) in [6, 6.07) is 0.277. The number of nitrogens with two attached hydrogens (primary N) is 1. The Labute approximate surface area is 122 Å². The molecule has 118 valence electrons. The summed E-state index contributed by atoms with van der Waals surface area (Å²) >= 11 is 0. The number of carbonyl (C=O) groups is 1. The first-order valence-electron chi connectivity index (χ1n) is 7.22. The van der Waals surface area contributed by atoms with Gasteiger partial charge in [-0.1, -0.05) is 6.92 Å². The van der Waals surface area contributed by atoms with Crippen LogP contribution < -0.4 is 11.1 Å². The Morgan fingerprint density at radius 1 is 1.35 bits per heavy atom. The lowest BCUT2D eigenvalue weighted by Crippen LogP contribution is -2.27. The van der Waals surface area contributed by atoms with Crippen molar-refractivity contribution in [1.82, 2.24) is 5.32 Å². The topological polar surface area (TPSA) is 73.6 Å². The highest BCUT2D eigenvalue weighted by atomic mass is 16.5. The van der Waals surface area contributed by atoms with Crippen LogP contribution in [0.4, 0.5) is 0 Å². The molecular formula is C15H30N2O3. The van der Waals surface area contributed by atoms with Gasteiger partial charge in [0.2, 0.25) is 0 Å². The Morgan fingerprint density at radius 2 is 1.95 bits per heavy atom. The minimum atomic E-state index is -0.496. The highest BCUT2D eigenvalue weighted by molar-refractivity contribution is 5.87. The quantitative estimate of drug-likeness (QED) is 0.529. The van der Waals surface area contributed by atoms with E-state index in [4.69, 9.17) is 15.2 Å². The maximum atomic E-state index is 11.7. The fourth-order valence-electron chi connectivity index (χ4n) is 1.25. The second kappa shape index (κ2) is 8.84. The third kappa shape index (κ3) is 9.67. The molecule has 0 aromatic carbocycles. The fraction of sp³-hybridized carbons (Fsp3) is 0.800. The Kier molecular flexibility index (Phi) is 8.30. The Balaban J connectivity index is 4.06. The van der Waals surface area contributed by atoms with E-state index in [2.05, 4.69) is 12.2 Å². The van der Waals surface area contributed by atoms with Gasteiger partial charge in [0.05, 0.1) is 12.2 Å². The third-order valence-corrected chi connectivity index (χ3v) is 2.74. The van der Waals surface area contributed by atoms with Gasteiger partial charge < -0.3 is 20.5 Å². The largest absolute Gasteiger partial charge is 0.458 e. The second-order valence-corrected chi connectivity index (χ2v) is 6.04. The summed E-state index contributed by atoms with van der Waals surface area (Å²) in [5.41, 5.74) is 5.57. The molecular weight excluding hydrogens is 256 g/mol. The van der Waals surface area contributed by atoms with Gasteiger partial charge in [-0.15, -0.1) is 0 Å². The number of esters is 1. The van der Waals surface area contributed by atoms with Gasteiger partial charge in [0.25, 0.3) is 0 Å². The zero-order chi connectivity index (χ0) is 15.8. The first-order chi connectivity index (χ1) is 9.15. The van der Waals surface area contributed by atoms with Crippen LogP contribution in [0.1, 0.15) is 54.4 Å². The smallest absolute Gasteiger partial charge is 0.355 e. The van der Waals surface area contributed by atoms with E-state index in [1.54, 1.807) is 0 Å². The third-order valence-electron chi connectivity index (χ3n) is 2.74. The number of nitrogens with one attached hydrogen (secondary N) is 1. The average Bonchev–Trinajstić information content (AvgIpc) is 2.33. The van der Waals surface area contributed by atoms with E-state index in [1.807, 2.05) is 34.6 Å². The molecule has 0 saturated carbocycles. The van der Waals surface area contributed by atoms with Crippen LogP contribution in [-0.4, -0.2) is 30.3 Å². The molecule has 0 bridgehead atoms. The summed E-state index contributed by atoms with van der Waals surface area (Å²) in [5, 5.41) is 3.04. The van der Waals surface area contributed by atoms with Gasteiger partial charge in [0.15, 0.2) is 0 Å². The van der Waals surface area contributed by atoms with E-state index in [0.29, 0.717) is 13.0 Å². The predicted octanol–water partition coefficient (Wildman–Crippen LogP) is 2.31. The van der Waals surface area contributed by atoms with Crippen molar-refractivity contribution in [2.75, 3.05) is 6.61 Å². The molecule has 5 nitrogen and oxygen atoms in total. The molecule has 0 aromatic rings. The van der Waals surface area contributed by atoms with Crippen LogP contribution in [0.15, 0.2) is 11.9 Å². The van der Waals surface area contributed by atoms with Crippen LogP contribution in [0, 0.1) is 0 Å². The van der Waals surface area contributed by atoms with Gasteiger partial charge in [-0.25, -0.2) is 4.79 Å². The molecule has 3 N–H and O–H groups in total. The summed E-state index contributed by atoms with van der Waals surface area (Å²) in [5.74, 6) is -0.496. The molecule has 0 aliphatic rings. The summed E-state index contributed by atoms with van der Waals surface area (Å²) in [6.07, 6.45) is 2.89. The van der Waals surface area contributed by atoms with Crippen LogP contribution in [0.2, 0.25) is 0 Å². The van der Waals surface area contributed by atoms with Crippen molar-refractivity contribution in [2.45, 2.75) is 72.1 Å². The van der Waals surface area contributed by atoms with Crippen LogP contribution in [0.5, 0.6) is 0 Å². The molecule has 0 aliphatic carbocycles. The van der Waals surface area contributed by atoms with E-state index >= 15 is 0 Å². The highest BCUT2D eigenvalue weighted by Crippen LogP contribution is 2.09. The molecule has 5 heteroatoms. The van der Waals surface area contributed by atoms with Crippen molar-refractivity contribution in [3.05, 3.63) is 11.9 Å². The Hall–Kier alpha value is -1.23. The molecule has 0 saturated heterocycles. The number of ether oxygens (including phenoxy) is 2. The lowest BCUT2D eigenvalue weighted by molar-refractivity contribution is -0.144. The SMILES string of the molecule is CCC(C)N/C=C(\N)C(=O)O[C@H](C)CCOC(C)(C)C. The molecule has 0 aromatic heterocycles. The Morgan fingerprint density at radius 3 is 2.45 bits per heavy atom. The maximum absolute atomic E-state index is 11.7. The van der Waals surface area contributed by atoms with Gasteiger partial charge >= 0.3 is 5.97 Å². The van der Waals surface area contributed by atoms with E-state index in [-0.39, 0.29) is 23.4 Å². The van der Waals surface area contributed by atoms with Gasteiger partial charge in [-0.05, 0) is 41.0 Å². The normalized spacial score (nSPS) is 15.6. The molecule has 0 amide bonds. The lowest BCUT2D eigenvalue weighted by atomic mass is 10.2. The summed E-state index contributed by atoms with van der Waals surface area (Å²) in [6.45, 7) is 12.4. The van der Waals surface area contributed by atoms with Gasteiger partial charge in [-0.2, -0.15) is 0 Å². The minimum absolute atomic E-state index is 0.0916. The van der Waals surface area contributed by atoms with Crippen molar-refractivity contribution >= 4 is 5.97 Å². The lowest BCUT2D eigenvalue weighted by Gasteiger charge is -2.21. The van der Waals surface area contributed by atoms with Crippen molar-refractivity contribution in [3.63, 3.8) is 0 Å². The number of hydrogen-bond acceptors (Lipinski definition) is 5. The van der Waals surface area contributed by atoms with Gasteiger partial charge in [-0.3, -0.25) is 0 Å². The number of carbonyl (C=O) groups excluding carboxylic acids is 1. The standard InChI is InChI=1S/C15H30N2O3/c1-7-11(2)17-10-13(16)14(18)20-12(3)8-9-19-15(4,5)6/h10-12,17H,7-9,16H2,1-6H3/b13-10-/t11?,12-/m1/s1. The first kappa shape index (κ1) is 18.8. The first-order valence-corrected chi connectivity index (χ1v) is 7.22. The van der Waals surface area contributed by atoms with Crippen LogP contribution in [0.25, 0.3) is 0 Å². The van der Waals surface area contributed by atoms with E-state index < -0.39 is 5.97 Å². The van der Waals surface area contributed by atoms with E-state index in [1.165, 1.54) is 6.20 Å². The van der Waals surface area contributed by atoms with E-state index in [0.717, 1.165) is 6.42 Å². The molecule has 1 unspecified atom stereocenters. The molecule has 0 heterocycles. The molecule has 0 rings (SSSR count). The molecule has 0 aliphatic heterocycles. The molecule has 0 radical (unpaired) electrons. The van der Waals surface area contributed by atoms with Crippen molar-refractivity contribution in [2.24, 2.45) is 5.73 Å². The van der Waals surface area contributed by atoms with Crippen LogP contribution in [0.3, 0.4) is 0 Å². The summed E-state index contributed by atoms with van der Waals surface area (Å²) in [7, 11) is 0. The fourth-order valence-corrected chi connectivity index (χ4v) is 1.25.